The van der Waals surface area contributed by atoms with Crippen molar-refractivity contribution in [1.82, 2.24) is 0 Å². The summed E-state index contributed by atoms with van der Waals surface area (Å²) >= 11 is 0. The van der Waals surface area contributed by atoms with Crippen LogP contribution in [0.15, 0.2) is 0 Å². The van der Waals surface area contributed by atoms with Gasteiger partial charge in [-0.25, -0.2) is 0 Å². The predicted octanol–water partition coefficient (Wildman–Crippen LogP) is 0.998. The van der Waals surface area contributed by atoms with E-state index in [0.29, 0.717) is 6.29 Å². The Kier molecular flexibility index (Phi) is 31.4. The SMILES string of the molecule is CC(O)CC=O.CCO.CCOCC. The van der Waals surface area contributed by atoms with Crippen LogP contribution >= 0.6 is 0 Å². The van der Waals surface area contributed by atoms with Gasteiger partial charge >= 0.3 is 0 Å². The molecule has 0 aliphatic carbocycles. The van der Waals surface area contributed by atoms with E-state index < -0.39 is 6.10 Å². The summed E-state index contributed by atoms with van der Waals surface area (Å²) in [5, 5.41) is 15.9. The third kappa shape index (κ3) is 62.1. The molecule has 14 heavy (non-hydrogen) atoms. The highest BCUT2D eigenvalue weighted by Gasteiger charge is 1.87. The zero-order valence-electron chi connectivity index (χ0n) is 9.69. The summed E-state index contributed by atoms with van der Waals surface area (Å²) < 4.78 is 4.83. The van der Waals surface area contributed by atoms with Gasteiger partial charge in [0.2, 0.25) is 0 Å². The summed E-state index contributed by atoms with van der Waals surface area (Å²) in [5.41, 5.74) is 0. The van der Waals surface area contributed by atoms with Crippen LogP contribution in [0.4, 0.5) is 0 Å². The van der Waals surface area contributed by atoms with E-state index in [0.717, 1.165) is 13.2 Å². The third-order valence-corrected chi connectivity index (χ3v) is 0.846. The summed E-state index contributed by atoms with van der Waals surface area (Å²) in [6.45, 7) is 9.18. The Morgan fingerprint density at radius 1 is 1.29 bits per heavy atom. The maximum atomic E-state index is 9.46. The molecule has 4 heteroatoms. The van der Waals surface area contributed by atoms with Crippen molar-refractivity contribution in [3.63, 3.8) is 0 Å². The van der Waals surface area contributed by atoms with Gasteiger partial charge in [0, 0.05) is 26.2 Å². The van der Waals surface area contributed by atoms with Crippen molar-refractivity contribution in [3.05, 3.63) is 0 Å². The maximum Gasteiger partial charge on any atom is 0.122 e. The van der Waals surface area contributed by atoms with Gasteiger partial charge in [-0.3, -0.25) is 0 Å². The van der Waals surface area contributed by atoms with Crippen LogP contribution in [0.2, 0.25) is 0 Å². The lowest BCUT2D eigenvalue weighted by molar-refractivity contribution is -0.109. The fourth-order valence-electron chi connectivity index (χ4n) is 0.343. The number of hydrogen-bond donors (Lipinski definition) is 2. The first-order valence-corrected chi connectivity index (χ1v) is 4.90. The smallest absolute Gasteiger partial charge is 0.122 e. The standard InChI is InChI=1S/C4H8O2.C4H10O.C2H6O/c1-4(6)2-3-5;1-3-5-4-2;1-2-3/h3-4,6H,2H2,1H3;3-4H2,1-2H3;3H,2H2,1H3. The van der Waals surface area contributed by atoms with Crippen molar-refractivity contribution >= 4 is 6.29 Å². The molecule has 0 aliphatic heterocycles. The van der Waals surface area contributed by atoms with Crippen molar-refractivity contribution in [3.8, 4) is 0 Å². The minimum Gasteiger partial charge on any atom is -0.397 e. The van der Waals surface area contributed by atoms with Crippen LogP contribution in [-0.4, -0.2) is 42.4 Å². The minimum atomic E-state index is -0.470. The molecular formula is C10H24O4. The van der Waals surface area contributed by atoms with Gasteiger partial charge in [-0.15, -0.1) is 0 Å². The average molecular weight is 208 g/mol. The molecule has 0 radical (unpaired) electrons. The molecule has 0 bridgehead atoms. The van der Waals surface area contributed by atoms with E-state index in [1.54, 1.807) is 13.8 Å². The van der Waals surface area contributed by atoms with Crippen LogP contribution in [0.5, 0.6) is 0 Å². The molecule has 88 valence electrons. The summed E-state index contributed by atoms with van der Waals surface area (Å²) in [6, 6.07) is 0. The number of aliphatic hydroxyl groups excluding tert-OH is 2. The van der Waals surface area contributed by atoms with Crippen molar-refractivity contribution in [2.45, 2.75) is 40.2 Å². The van der Waals surface area contributed by atoms with E-state index in [4.69, 9.17) is 14.9 Å². The van der Waals surface area contributed by atoms with Crippen LogP contribution < -0.4 is 0 Å². The number of carbonyl (C=O) groups excluding carboxylic acids is 1. The van der Waals surface area contributed by atoms with Crippen molar-refractivity contribution < 1.29 is 19.7 Å². The predicted molar refractivity (Wildman–Crippen MR) is 57.3 cm³/mol. The van der Waals surface area contributed by atoms with Gasteiger partial charge in [-0.05, 0) is 27.7 Å². The van der Waals surface area contributed by atoms with Gasteiger partial charge in [0.05, 0.1) is 6.10 Å². The van der Waals surface area contributed by atoms with E-state index in [-0.39, 0.29) is 13.0 Å². The largest absolute Gasteiger partial charge is 0.397 e. The molecule has 0 fully saturated rings. The van der Waals surface area contributed by atoms with E-state index in [1.165, 1.54) is 0 Å². The van der Waals surface area contributed by atoms with E-state index in [2.05, 4.69) is 0 Å². The number of ether oxygens (including phenoxy) is 1. The van der Waals surface area contributed by atoms with Crippen LogP contribution in [0.3, 0.4) is 0 Å². The first-order valence-electron chi connectivity index (χ1n) is 4.90. The van der Waals surface area contributed by atoms with E-state index >= 15 is 0 Å². The Bertz CT molecular complexity index is 82.2. The lowest BCUT2D eigenvalue weighted by atomic mass is 10.3. The van der Waals surface area contributed by atoms with Crippen LogP contribution in [0.25, 0.3) is 0 Å². The molecule has 0 aliphatic rings. The van der Waals surface area contributed by atoms with Crippen LogP contribution in [0.1, 0.15) is 34.1 Å². The number of aliphatic hydroxyl groups is 2. The summed E-state index contributed by atoms with van der Waals surface area (Å²) in [6.07, 6.45) is 0.479. The average Bonchev–Trinajstić information content (AvgIpc) is 2.07. The number of hydrogen-bond acceptors (Lipinski definition) is 4. The number of aldehydes is 1. The van der Waals surface area contributed by atoms with Gasteiger partial charge in [-0.1, -0.05) is 0 Å². The molecule has 2 N–H and O–H groups in total. The van der Waals surface area contributed by atoms with Gasteiger partial charge in [0.15, 0.2) is 0 Å². The first kappa shape index (κ1) is 19.2. The van der Waals surface area contributed by atoms with Gasteiger partial charge in [-0.2, -0.15) is 0 Å². The normalized spacial score (nSPS) is 10.1. The van der Waals surface area contributed by atoms with E-state index in [1.807, 2.05) is 13.8 Å². The molecule has 0 saturated heterocycles. The topological polar surface area (TPSA) is 66.8 Å². The molecule has 0 aromatic rings. The Morgan fingerprint density at radius 2 is 1.64 bits per heavy atom. The zero-order valence-corrected chi connectivity index (χ0v) is 9.69. The number of rotatable bonds is 4. The van der Waals surface area contributed by atoms with Gasteiger partial charge in [0.25, 0.3) is 0 Å². The Labute approximate surface area is 86.9 Å². The quantitative estimate of drug-likeness (QED) is 0.676. The monoisotopic (exact) mass is 208 g/mol. The maximum absolute atomic E-state index is 9.46. The molecule has 0 saturated carbocycles. The fraction of sp³-hybridized carbons (Fsp3) is 0.900. The molecule has 0 aromatic heterocycles. The Hall–Kier alpha value is -0.450. The molecule has 1 atom stereocenters. The molecular weight excluding hydrogens is 184 g/mol. The first-order chi connectivity index (χ1) is 6.60. The molecule has 0 spiro atoms. The molecule has 0 amide bonds. The molecule has 0 heterocycles. The lowest BCUT2D eigenvalue weighted by Gasteiger charge is -1.89. The second-order valence-electron chi connectivity index (χ2n) is 2.35. The second-order valence-corrected chi connectivity index (χ2v) is 2.35. The van der Waals surface area contributed by atoms with E-state index in [9.17, 15) is 4.79 Å². The highest BCUT2D eigenvalue weighted by atomic mass is 16.5. The zero-order chi connectivity index (χ0) is 11.8. The summed E-state index contributed by atoms with van der Waals surface area (Å²) in [5.74, 6) is 0. The Balaban J connectivity index is -0.000000138. The summed E-state index contributed by atoms with van der Waals surface area (Å²) in [7, 11) is 0. The highest BCUT2D eigenvalue weighted by molar-refractivity contribution is 5.49. The fourth-order valence-corrected chi connectivity index (χ4v) is 0.343. The molecule has 0 rings (SSSR count). The molecule has 4 nitrogen and oxygen atoms in total. The van der Waals surface area contributed by atoms with Gasteiger partial charge < -0.3 is 19.7 Å². The van der Waals surface area contributed by atoms with Gasteiger partial charge in [0.1, 0.15) is 6.29 Å². The van der Waals surface area contributed by atoms with Crippen molar-refractivity contribution in [2.24, 2.45) is 0 Å². The molecule has 1 unspecified atom stereocenters. The van der Waals surface area contributed by atoms with Crippen LogP contribution in [0, 0.1) is 0 Å². The minimum absolute atomic E-state index is 0.250. The Morgan fingerprint density at radius 3 is 1.64 bits per heavy atom. The lowest BCUT2D eigenvalue weighted by Crippen LogP contribution is -1.97. The second kappa shape index (κ2) is 22.9. The number of carbonyl (C=O) groups is 1. The molecule has 0 aromatic carbocycles. The van der Waals surface area contributed by atoms with Crippen molar-refractivity contribution in [1.29, 1.82) is 0 Å². The third-order valence-electron chi connectivity index (χ3n) is 0.846. The van der Waals surface area contributed by atoms with Crippen molar-refractivity contribution in [2.75, 3.05) is 19.8 Å². The van der Waals surface area contributed by atoms with Crippen LogP contribution in [-0.2, 0) is 9.53 Å². The highest BCUT2D eigenvalue weighted by Crippen LogP contribution is 1.80. The summed E-state index contributed by atoms with van der Waals surface area (Å²) in [4.78, 5) is 9.46.